The second-order valence-corrected chi connectivity index (χ2v) is 4.41. The fraction of sp³-hybridized carbons (Fsp3) is 0.583. The summed E-state index contributed by atoms with van der Waals surface area (Å²) in [6.07, 6.45) is 8.28. The monoisotopic (exact) mass is 235 g/mol. The lowest BCUT2D eigenvalue weighted by molar-refractivity contribution is -0.144. The van der Waals surface area contributed by atoms with E-state index in [2.05, 4.69) is 14.9 Å². The van der Waals surface area contributed by atoms with Gasteiger partial charge in [0.05, 0.1) is 0 Å². The minimum atomic E-state index is -0.618. The molecule has 3 heterocycles. The zero-order chi connectivity index (χ0) is 12.1. The van der Waals surface area contributed by atoms with Gasteiger partial charge in [0.1, 0.15) is 12.4 Å². The van der Waals surface area contributed by atoms with E-state index in [1.165, 1.54) is 12.7 Å². The summed E-state index contributed by atoms with van der Waals surface area (Å²) in [4.78, 5) is 20.2. The van der Waals surface area contributed by atoms with E-state index in [0.717, 1.165) is 25.9 Å². The number of carbonyl (C=O) groups is 1. The molecular formula is C12H17N3O2. The fourth-order valence-electron chi connectivity index (χ4n) is 2.65. The van der Waals surface area contributed by atoms with Crippen molar-refractivity contribution in [2.45, 2.75) is 25.3 Å². The molecule has 0 saturated carbocycles. The summed E-state index contributed by atoms with van der Waals surface area (Å²) >= 11 is 0. The molecular weight excluding hydrogens is 218 g/mol. The van der Waals surface area contributed by atoms with E-state index in [9.17, 15) is 4.79 Å². The number of hydrogen-bond acceptors (Lipinski definition) is 4. The molecule has 2 aliphatic heterocycles. The van der Waals surface area contributed by atoms with Gasteiger partial charge in [0.15, 0.2) is 0 Å². The zero-order valence-electron chi connectivity index (χ0n) is 9.70. The smallest absolute Gasteiger partial charge is 0.321 e. The Morgan fingerprint density at radius 2 is 2.00 bits per heavy atom. The summed E-state index contributed by atoms with van der Waals surface area (Å²) in [6, 6.07) is 1.63. The predicted octanol–water partition coefficient (Wildman–Crippen LogP) is 1.03. The van der Waals surface area contributed by atoms with Crippen LogP contribution < -0.4 is 0 Å². The molecule has 3 rings (SSSR count). The molecule has 0 radical (unpaired) electrons. The van der Waals surface area contributed by atoms with E-state index >= 15 is 0 Å². The molecule has 1 N–H and O–H groups in total. The van der Waals surface area contributed by atoms with Crippen LogP contribution in [0.15, 0.2) is 24.8 Å². The first-order valence-corrected chi connectivity index (χ1v) is 5.96. The maximum Gasteiger partial charge on any atom is 0.321 e. The van der Waals surface area contributed by atoms with Crippen LogP contribution in [-0.4, -0.2) is 45.1 Å². The molecule has 2 bridgehead atoms. The summed E-state index contributed by atoms with van der Waals surface area (Å²) in [5.74, 6) is -0.173. The zero-order valence-corrected chi connectivity index (χ0v) is 9.70. The van der Waals surface area contributed by atoms with Gasteiger partial charge in [-0.2, -0.15) is 0 Å². The summed E-state index contributed by atoms with van der Waals surface area (Å²) in [5, 5.41) is 8.88. The predicted molar refractivity (Wildman–Crippen MR) is 62.4 cm³/mol. The van der Waals surface area contributed by atoms with Crippen LogP contribution >= 0.6 is 0 Å². The number of carboxylic acid groups (broad SMARTS) is 1. The van der Waals surface area contributed by atoms with Gasteiger partial charge in [-0.15, -0.1) is 0 Å². The van der Waals surface area contributed by atoms with Crippen LogP contribution in [0, 0.1) is 5.92 Å². The van der Waals surface area contributed by atoms with Crippen molar-refractivity contribution >= 4 is 5.97 Å². The van der Waals surface area contributed by atoms with Crippen molar-refractivity contribution in [1.29, 1.82) is 0 Å². The Balaban J connectivity index is 0.000000153. The Labute approximate surface area is 100 Å². The van der Waals surface area contributed by atoms with E-state index in [1.807, 2.05) is 0 Å². The fourth-order valence-corrected chi connectivity index (χ4v) is 2.65. The lowest BCUT2D eigenvalue weighted by Gasteiger charge is -2.29. The Morgan fingerprint density at radius 1 is 1.24 bits per heavy atom. The van der Waals surface area contributed by atoms with E-state index in [4.69, 9.17) is 5.11 Å². The van der Waals surface area contributed by atoms with Crippen LogP contribution in [0.5, 0.6) is 0 Å². The van der Waals surface area contributed by atoms with Crippen molar-refractivity contribution in [1.82, 2.24) is 14.9 Å². The van der Waals surface area contributed by atoms with Crippen LogP contribution in [-0.2, 0) is 4.79 Å². The highest BCUT2D eigenvalue weighted by atomic mass is 16.4. The minimum absolute atomic E-state index is 0.149. The van der Waals surface area contributed by atoms with Crippen LogP contribution in [0.25, 0.3) is 0 Å². The van der Waals surface area contributed by atoms with Crippen LogP contribution in [0.4, 0.5) is 0 Å². The maximum atomic E-state index is 10.8. The summed E-state index contributed by atoms with van der Waals surface area (Å²) in [7, 11) is 0. The first-order chi connectivity index (χ1) is 8.29. The third kappa shape index (κ3) is 3.00. The number of carboxylic acids is 1. The second-order valence-electron chi connectivity index (χ2n) is 4.41. The molecule has 0 aliphatic carbocycles. The number of aromatic nitrogens is 2. The molecule has 5 nitrogen and oxygen atoms in total. The first kappa shape index (κ1) is 12.0. The number of nitrogens with zero attached hydrogens (tertiary/aromatic N) is 3. The van der Waals surface area contributed by atoms with Gasteiger partial charge < -0.3 is 5.11 Å². The Kier molecular flexibility index (Phi) is 4.03. The average molecular weight is 235 g/mol. The van der Waals surface area contributed by atoms with Gasteiger partial charge in [-0.25, -0.2) is 9.97 Å². The van der Waals surface area contributed by atoms with Crippen molar-refractivity contribution in [3.8, 4) is 0 Å². The minimum Gasteiger partial charge on any atom is -0.480 e. The molecule has 2 fully saturated rings. The number of aliphatic carboxylic acids is 1. The maximum absolute atomic E-state index is 10.8. The number of rotatable bonds is 1. The Bertz CT molecular complexity index is 315. The molecule has 5 heteroatoms. The van der Waals surface area contributed by atoms with Gasteiger partial charge in [-0.1, -0.05) is 0 Å². The van der Waals surface area contributed by atoms with Gasteiger partial charge >= 0.3 is 5.97 Å². The number of fused-ring (bicyclic) bond motifs is 2. The summed E-state index contributed by atoms with van der Waals surface area (Å²) in [6.45, 7) is 2.00. The highest BCUT2D eigenvalue weighted by Gasteiger charge is 2.41. The van der Waals surface area contributed by atoms with Gasteiger partial charge in [0, 0.05) is 12.4 Å². The van der Waals surface area contributed by atoms with Crippen molar-refractivity contribution in [3.05, 3.63) is 24.8 Å². The van der Waals surface area contributed by atoms with Crippen LogP contribution in [0.1, 0.15) is 19.3 Å². The van der Waals surface area contributed by atoms with Gasteiger partial charge in [0.2, 0.25) is 0 Å². The van der Waals surface area contributed by atoms with E-state index in [1.54, 1.807) is 18.5 Å². The van der Waals surface area contributed by atoms with Crippen molar-refractivity contribution in [2.24, 2.45) is 5.92 Å². The molecule has 3 atom stereocenters. The van der Waals surface area contributed by atoms with Crippen LogP contribution in [0.3, 0.4) is 0 Å². The van der Waals surface area contributed by atoms with Gasteiger partial charge in [-0.3, -0.25) is 9.69 Å². The highest BCUT2D eigenvalue weighted by molar-refractivity contribution is 5.74. The van der Waals surface area contributed by atoms with E-state index < -0.39 is 5.97 Å². The van der Waals surface area contributed by atoms with Gasteiger partial charge in [0.25, 0.3) is 0 Å². The molecule has 0 spiro atoms. The molecule has 1 aromatic heterocycles. The third-order valence-corrected chi connectivity index (χ3v) is 3.38. The highest BCUT2D eigenvalue weighted by Crippen LogP contribution is 2.32. The standard InChI is InChI=1S/C8H13NO2.C4H4N2/c10-8(11)7-6-2-1-4-9(7)5-3-6;1-2-5-4-6-3-1/h6-7H,1-5H2,(H,10,11);1-4H. The SMILES string of the molecule is O=C(O)C1C2CCCN1CC2.c1cncnc1. The topological polar surface area (TPSA) is 66.3 Å². The lowest BCUT2D eigenvalue weighted by atomic mass is 9.92. The van der Waals surface area contributed by atoms with E-state index in [0.29, 0.717) is 5.92 Å². The molecule has 3 unspecified atom stereocenters. The number of piperidine rings is 1. The molecule has 2 saturated heterocycles. The molecule has 17 heavy (non-hydrogen) atoms. The summed E-state index contributed by atoms with van der Waals surface area (Å²) in [5.41, 5.74) is 0. The molecule has 0 aromatic carbocycles. The number of hydrogen-bond donors (Lipinski definition) is 1. The summed E-state index contributed by atoms with van der Waals surface area (Å²) < 4.78 is 0. The lowest BCUT2D eigenvalue weighted by Crippen LogP contribution is -2.43. The quantitative estimate of drug-likeness (QED) is 0.787. The van der Waals surface area contributed by atoms with Gasteiger partial charge in [-0.05, 0) is 44.3 Å². The third-order valence-electron chi connectivity index (χ3n) is 3.38. The van der Waals surface area contributed by atoms with Crippen LogP contribution in [0.2, 0.25) is 0 Å². The normalized spacial score (nSPS) is 30.2. The molecule has 1 aromatic rings. The molecule has 92 valence electrons. The Morgan fingerprint density at radius 3 is 2.41 bits per heavy atom. The van der Waals surface area contributed by atoms with Crippen molar-refractivity contribution in [2.75, 3.05) is 13.1 Å². The van der Waals surface area contributed by atoms with Crippen molar-refractivity contribution < 1.29 is 9.90 Å². The van der Waals surface area contributed by atoms with Crippen molar-refractivity contribution in [3.63, 3.8) is 0 Å². The Hall–Kier alpha value is -1.49. The molecule has 2 aliphatic rings. The first-order valence-electron chi connectivity index (χ1n) is 5.96. The molecule has 0 amide bonds. The largest absolute Gasteiger partial charge is 0.480 e. The average Bonchev–Trinajstić information content (AvgIpc) is 2.63. The second kappa shape index (κ2) is 5.72. The van der Waals surface area contributed by atoms with E-state index in [-0.39, 0.29) is 6.04 Å².